The summed E-state index contributed by atoms with van der Waals surface area (Å²) in [4.78, 5) is 24.6. The molecule has 0 bridgehead atoms. The van der Waals surface area contributed by atoms with Gasteiger partial charge in [-0.2, -0.15) is 0 Å². The third-order valence-corrected chi connectivity index (χ3v) is 16.3. The second-order valence-corrected chi connectivity index (χ2v) is 23.9. The number of esters is 1. The lowest BCUT2D eigenvalue weighted by atomic mass is 10.0. The van der Waals surface area contributed by atoms with E-state index < -0.39 is 12.1 Å². The number of unbranched alkanes of at least 4 members (excludes halogenated alkanes) is 50. The lowest BCUT2D eigenvalue weighted by molar-refractivity contribution is -0.143. The monoisotopic (exact) mass is 1070 g/mol. The zero-order valence-corrected chi connectivity index (χ0v) is 51.5. The molecule has 1 amide bonds. The second-order valence-electron chi connectivity index (χ2n) is 23.9. The Hall–Kier alpha value is -1.66. The summed E-state index contributed by atoms with van der Waals surface area (Å²) in [5.74, 6) is -0.0263. The van der Waals surface area contributed by atoms with Gasteiger partial charge in [0, 0.05) is 12.8 Å². The van der Waals surface area contributed by atoms with Gasteiger partial charge in [-0.15, -0.1) is 0 Å². The fourth-order valence-electron chi connectivity index (χ4n) is 11.0. The summed E-state index contributed by atoms with van der Waals surface area (Å²) in [5.41, 5.74) is 0. The topological polar surface area (TPSA) is 95.9 Å². The maximum atomic E-state index is 12.5. The molecule has 0 saturated carbocycles. The molecule has 0 aromatic rings. The predicted molar refractivity (Wildman–Crippen MR) is 333 cm³/mol. The zero-order valence-electron chi connectivity index (χ0n) is 51.5. The first-order valence-electron chi connectivity index (χ1n) is 34.6. The fraction of sp³-hybridized carbons (Fsp3) is 0.914. The van der Waals surface area contributed by atoms with Crippen LogP contribution in [0.4, 0.5) is 0 Å². The predicted octanol–water partition coefficient (Wildman–Crippen LogP) is 22.1. The van der Waals surface area contributed by atoms with Gasteiger partial charge >= 0.3 is 5.97 Å². The highest BCUT2D eigenvalue weighted by atomic mass is 16.5. The summed E-state index contributed by atoms with van der Waals surface area (Å²) in [7, 11) is 0. The molecular formula is C70H135NO5. The van der Waals surface area contributed by atoms with Crippen molar-refractivity contribution in [1.82, 2.24) is 5.32 Å². The van der Waals surface area contributed by atoms with Crippen LogP contribution in [0.2, 0.25) is 0 Å². The molecule has 0 spiro atoms. The van der Waals surface area contributed by atoms with Gasteiger partial charge in [0.05, 0.1) is 25.4 Å². The van der Waals surface area contributed by atoms with Gasteiger partial charge in [0.15, 0.2) is 0 Å². The molecular weight excluding hydrogens is 935 g/mol. The fourth-order valence-corrected chi connectivity index (χ4v) is 11.0. The van der Waals surface area contributed by atoms with E-state index in [1.54, 1.807) is 0 Å². The summed E-state index contributed by atoms with van der Waals surface area (Å²) in [6, 6.07) is -0.543. The van der Waals surface area contributed by atoms with Gasteiger partial charge < -0.3 is 20.3 Å². The quantitative estimate of drug-likeness (QED) is 0.0320. The van der Waals surface area contributed by atoms with Crippen LogP contribution < -0.4 is 5.32 Å². The molecule has 0 saturated heterocycles. The van der Waals surface area contributed by atoms with Crippen molar-refractivity contribution in [3.8, 4) is 0 Å². The molecule has 3 N–H and O–H groups in total. The van der Waals surface area contributed by atoms with Crippen LogP contribution in [-0.2, 0) is 14.3 Å². The number of hydrogen-bond donors (Lipinski definition) is 3. The van der Waals surface area contributed by atoms with Gasteiger partial charge in [-0.1, -0.05) is 340 Å². The molecule has 2 unspecified atom stereocenters. The van der Waals surface area contributed by atoms with Crippen molar-refractivity contribution in [3.63, 3.8) is 0 Å². The molecule has 0 rings (SSSR count). The van der Waals surface area contributed by atoms with Crippen molar-refractivity contribution < 1.29 is 24.5 Å². The molecule has 0 aliphatic heterocycles. The van der Waals surface area contributed by atoms with Crippen molar-refractivity contribution in [3.05, 3.63) is 24.3 Å². The molecule has 450 valence electrons. The van der Waals surface area contributed by atoms with Gasteiger partial charge in [-0.25, -0.2) is 0 Å². The molecule has 0 aromatic carbocycles. The molecule has 76 heavy (non-hydrogen) atoms. The van der Waals surface area contributed by atoms with Crippen molar-refractivity contribution >= 4 is 11.9 Å². The zero-order chi connectivity index (χ0) is 55.0. The van der Waals surface area contributed by atoms with Gasteiger partial charge in [-0.05, 0) is 57.8 Å². The first-order chi connectivity index (χ1) is 37.5. The Bertz CT molecular complexity index is 1190. The standard InChI is InChI=1S/C70H135NO5/c1-3-5-7-9-11-13-15-17-19-21-23-27-30-34-38-42-46-50-54-58-62-68(73)67(66-72)71-69(74)63-59-55-51-47-43-39-35-31-28-25-24-26-29-33-37-41-45-49-53-57-61-65-76-70(75)64-60-56-52-48-44-40-36-32-22-20-18-16-14-12-10-8-6-4-2/h14,16,20,22,67-68,72-73H,3-13,15,17-19,21,23-66H2,1-2H3,(H,71,74)/b16-14-,22-20-. The van der Waals surface area contributed by atoms with Crippen LogP contribution in [-0.4, -0.2) is 47.4 Å². The van der Waals surface area contributed by atoms with E-state index >= 15 is 0 Å². The number of aliphatic hydroxyl groups excluding tert-OH is 2. The second kappa shape index (κ2) is 65.9. The first kappa shape index (κ1) is 74.3. The number of carbonyl (C=O) groups is 2. The van der Waals surface area contributed by atoms with E-state index in [2.05, 4.69) is 43.5 Å². The number of ether oxygens (including phenoxy) is 1. The maximum absolute atomic E-state index is 12.5. The SMILES string of the molecule is CCCCCC/C=C\C/C=C\CCCCCCCCCC(=O)OCCCCCCCCCCCCCCCCCCCCCCCC(=O)NC(CO)C(O)CCCCCCCCCCCCCCCCCCCCCC. The highest BCUT2D eigenvalue weighted by Crippen LogP contribution is 2.19. The average molecular weight is 1070 g/mol. The lowest BCUT2D eigenvalue weighted by Crippen LogP contribution is -2.45. The number of carbonyl (C=O) groups excluding carboxylic acids is 2. The van der Waals surface area contributed by atoms with Crippen molar-refractivity contribution in [2.45, 2.75) is 398 Å². The minimum absolute atomic E-state index is 0.00567. The third kappa shape index (κ3) is 61.6. The number of aliphatic hydroxyl groups is 2. The Labute approximate surface area is 475 Å². The van der Waals surface area contributed by atoms with Crippen molar-refractivity contribution in [2.24, 2.45) is 0 Å². The van der Waals surface area contributed by atoms with Crippen LogP contribution in [0.15, 0.2) is 24.3 Å². The van der Waals surface area contributed by atoms with Gasteiger partial charge in [-0.3, -0.25) is 9.59 Å². The van der Waals surface area contributed by atoms with Crippen LogP contribution in [0.25, 0.3) is 0 Å². The van der Waals surface area contributed by atoms with Crippen LogP contribution in [0.1, 0.15) is 386 Å². The van der Waals surface area contributed by atoms with Gasteiger partial charge in [0.2, 0.25) is 5.91 Å². The molecule has 0 aliphatic carbocycles. The summed E-state index contributed by atoms with van der Waals surface area (Å²) in [6.45, 7) is 4.97. The van der Waals surface area contributed by atoms with Crippen LogP contribution in [0.5, 0.6) is 0 Å². The number of hydrogen-bond acceptors (Lipinski definition) is 5. The molecule has 0 aliphatic rings. The Morgan fingerprint density at radius 3 is 1.01 bits per heavy atom. The number of amides is 1. The molecule has 6 nitrogen and oxygen atoms in total. The van der Waals surface area contributed by atoms with Crippen LogP contribution >= 0.6 is 0 Å². The van der Waals surface area contributed by atoms with E-state index in [9.17, 15) is 19.8 Å². The van der Waals surface area contributed by atoms with E-state index in [0.717, 1.165) is 51.4 Å². The Morgan fingerprint density at radius 1 is 0.368 bits per heavy atom. The molecule has 0 radical (unpaired) electrons. The van der Waals surface area contributed by atoms with Gasteiger partial charge in [0.25, 0.3) is 0 Å². The van der Waals surface area contributed by atoms with E-state index in [1.165, 1.54) is 302 Å². The normalized spacial score (nSPS) is 12.6. The Balaban J connectivity index is 3.38. The molecule has 0 fully saturated rings. The summed E-state index contributed by atoms with van der Waals surface area (Å²) in [6.07, 6.45) is 82.1. The summed E-state index contributed by atoms with van der Waals surface area (Å²) in [5, 5.41) is 23.4. The summed E-state index contributed by atoms with van der Waals surface area (Å²) >= 11 is 0. The highest BCUT2D eigenvalue weighted by molar-refractivity contribution is 5.76. The molecule has 0 heterocycles. The van der Waals surface area contributed by atoms with E-state index in [4.69, 9.17) is 4.74 Å². The average Bonchev–Trinajstić information content (AvgIpc) is 3.42. The molecule has 2 atom stereocenters. The summed E-state index contributed by atoms with van der Waals surface area (Å²) < 4.78 is 5.50. The third-order valence-electron chi connectivity index (χ3n) is 16.3. The molecule has 6 heteroatoms. The Kier molecular flexibility index (Phi) is 64.4. The minimum atomic E-state index is -0.666. The van der Waals surface area contributed by atoms with E-state index in [-0.39, 0.29) is 18.5 Å². The smallest absolute Gasteiger partial charge is 0.305 e. The number of rotatable bonds is 65. The first-order valence-corrected chi connectivity index (χ1v) is 34.6. The van der Waals surface area contributed by atoms with E-state index in [1.807, 2.05) is 0 Å². The number of nitrogens with one attached hydrogen (secondary N) is 1. The van der Waals surface area contributed by atoms with Crippen LogP contribution in [0, 0.1) is 0 Å². The molecule has 0 aromatic heterocycles. The largest absolute Gasteiger partial charge is 0.466 e. The number of allylic oxidation sites excluding steroid dienone is 4. The lowest BCUT2D eigenvalue weighted by Gasteiger charge is -2.22. The van der Waals surface area contributed by atoms with Crippen molar-refractivity contribution in [1.29, 1.82) is 0 Å². The van der Waals surface area contributed by atoms with Gasteiger partial charge in [0.1, 0.15) is 0 Å². The van der Waals surface area contributed by atoms with Crippen LogP contribution in [0.3, 0.4) is 0 Å². The Morgan fingerprint density at radius 2 is 0.658 bits per heavy atom. The minimum Gasteiger partial charge on any atom is -0.466 e. The van der Waals surface area contributed by atoms with Crippen molar-refractivity contribution in [2.75, 3.05) is 13.2 Å². The maximum Gasteiger partial charge on any atom is 0.305 e. The van der Waals surface area contributed by atoms with E-state index in [0.29, 0.717) is 25.9 Å². The highest BCUT2D eigenvalue weighted by Gasteiger charge is 2.20.